The standard InChI is InChI=1S/C20H25N3O4/c1-5-15(6-2)16-9-11-22(12-10-16)14(3)20(24)21-18-13-17(23(25)26)7-8-19(18)27-4/h7-15H,5-6H2,1-4H3/p+1/t14-/m1/s1. The summed E-state index contributed by atoms with van der Waals surface area (Å²) in [6, 6.07) is 7.69. The molecule has 1 N–H and O–H groups in total. The fraction of sp³-hybridized carbons (Fsp3) is 0.400. The van der Waals surface area contributed by atoms with Gasteiger partial charge in [-0.05, 0) is 30.4 Å². The summed E-state index contributed by atoms with van der Waals surface area (Å²) in [4.78, 5) is 23.1. The van der Waals surface area contributed by atoms with Crippen molar-refractivity contribution < 1.29 is 19.0 Å². The fourth-order valence-corrected chi connectivity index (χ4v) is 3.02. The molecular weight excluding hydrogens is 346 g/mol. The highest BCUT2D eigenvalue weighted by Crippen LogP contribution is 2.29. The Balaban J connectivity index is 2.18. The molecule has 0 saturated heterocycles. The van der Waals surface area contributed by atoms with Gasteiger partial charge in [0.05, 0.1) is 17.7 Å². The van der Waals surface area contributed by atoms with Gasteiger partial charge in [-0.25, -0.2) is 0 Å². The number of non-ortho nitro benzene ring substituents is 1. The highest BCUT2D eigenvalue weighted by molar-refractivity contribution is 5.94. The summed E-state index contributed by atoms with van der Waals surface area (Å²) in [6.07, 6.45) is 5.93. The van der Waals surface area contributed by atoms with E-state index < -0.39 is 11.0 Å². The van der Waals surface area contributed by atoms with Crippen molar-refractivity contribution in [3.8, 4) is 5.75 Å². The van der Waals surface area contributed by atoms with Crippen LogP contribution in [0, 0.1) is 10.1 Å². The molecule has 0 aliphatic rings. The lowest BCUT2D eigenvalue weighted by molar-refractivity contribution is -0.705. The monoisotopic (exact) mass is 372 g/mol. The number of carbonyl (C=O) groups is 1. The molecule has 27 heavy (non-hydrogen) atoms. The third-order valence-electron chi connectivity index (χ3n) is 4.81. The van der Waals surface area contributed by atoms with Gasteiger partial charge in [0.25, 0.3) is 11.6 Å². The van der Waals surface area contributed by atoms with Gasteiger partial charge in [-0.3, -0.25) is 14.9 Å². The van der Waals surface area contributed by atoms with Gasteiger partial charge < -0.3 is 10.1 Å². The number of hydrogen-bond donors (Lipinski definition) is 1. The molecular formula is C20H26N3O4+. The SMILES string of the molecule is CCC(CC)c1cc[n+]([C@H](C)C(=O)Nc2cc([N+](=O)[O-])ccc2OC)cc1. The van der Waals surface area contributed by atoms with E-state index >= 15 is 0 Å². The quantitative estimate of drug-likeness (QED) is 0.431. The summed E-state index contributed by atoms with van der Waals surface area (Å²) >= 11 is 0. The summed E-state index contributed by atoms with van der Waals surface area (Å²) in [7, 11) is 1.45. The van der Waals surface area contributed by atoms with Crippen LogP contribution < -0.4 is 14.6 Å². The number of pyridine rings is 1. The molecule has 2 aromatic rings. The molecule has 0 spiro atoms. The number of carbonyl (C=O) groups excluding carboxylic acids is 1. The van der Waals surface area contributed by atoms with Gasteiger partial charge in [0.1, 0.15) is 5.75 Å². The Morgan fingerprint density at radius 3 is 2.37 bits per heavy atom. The Bertz CT molecular complexity index is 801. The molecule has 2 rings (SSSR count). The minimum Gasteiger partial charge on any atom is -0.495 e. The number of methoxy groups -OCH3 is 1. The Morgan fingerprint density at radius 2 is 1.85 bits per heavy atom. The topological polar surface area (TPSA) is 85.3 Å². The molecule has 144 valence electrons. The number of hydrogen-bond acceptors (Lipinski definition) is 4. The van der Waals surface area contributed by atoms with E-state index in [0.29, 0.717) is 11.7 Å². The van der Waals surface area contributed by atoms with Crippen LogP contribution in [0.5, 0.6) is 5.75 Å². The highest BCUT2D eigenvalue weighted by atomic mass is 16.6. The third kappa shape index (κ3) is 4.81. The zero-order valence-electron chi connectivity index (χ0n) is 16.1. The molecule has 0 unspecified atom stereocenters. The van der Waals surface area contributed by atoms with Crippen LogP contribution in [-0.4, -0.2) is 17.9 Å². The first-order chi connectivity index (χ1) is 12.9. The molecule has 7 nitrogen and oxygen atoms in total. The first-order valence-corrected chi connectivity index (χ1v) is 9.05. The van der Waals surface area contributed by atoms with Crippen LogP contribution in [0.1, 0.15) is 51.1 Å². The van der Waals surface area contributed by atoms with E-state index in [0.717, 1.165) is 12.8 Å². The van der Waals surface area contributed by atoms with Crippen LogP contribution in [-0.2, 0) is 4.79 Å². The Labute approximate surface area is 159 Å². The molecule has 0 fully saturated rings. The summed E-state index contributed by atoms with van der Waals surface area (Å²) in [6.45, 7) is 6.10. The number of nitro benzene ring substituents is 1. The Hall–Kier alpha value is -2.96. The minimum absolute atomic E-state index is 0.110. The van der Waals surface area contributed by atoms with Gasteiger partial charge >= 0.3 is 0 Å². The summed E-state index contributed by atoms with van der Waals surface area (Å²) < 4.78 is 7.00. The molecule has 0 aliphatic carbocycles. The molecule has 0 bridgehead atoms. The maximum Gasteiger partial charge on any atom is 0.293 e. The predicted octanol–water partition coefficient (Wildman–Crippen LogP) is 3.99. The van der Waals surface area contributed by atoms with Crippen molar-refractivity contribution in [2.75, 3.05) is 12.4 Å². The van der Waals surface area contributed by atoms with Gasteiger partial charge in [0.15, 0.2) is 12.4 Å². The van der Waals surface area contributed by atoms with Gasteiger partial charge in [-0.15, -0.1) is 0 Å². The molecule has 0 radical (unpaired) electrons. The average molecular weight is 372 g/mol. The second kappa shape index (κ2) is 9.12. The van der Waals surface area contributed by atoms with E-state index in [9.17, 15) is 14.9 Å². The number of ether oxygens (including phenoxy) is 1. The zero-order valence-corrected chi connectivity index (χ0v) is 16.1. The number of aromatic nitrogens is 1. The molecule has 1 atom stereocenters. The lowest BCUT2D eigenvalue weighted by atomic mass is 9.95. The van der Waals surface area contributed by atoms with E-state index in [1.807, 2.05) is 29.1 Å². The lowest BCUT2D eigenvalue weighted by Crippen LogP contribution is -2.44. The van der Waals surface area contributed by atoms with Gasteiger partial charge in [0.2, 0.25) is 6.04 Å². The second-order valence-electron chi connectivity index (χ2n) is 6.40. The van der Waals surface area contributed by atoms with Crippen LogP contribution in [0.2, 0.25) is 0 Å². The van der Waals surface area contributed by atoms with Crippen molar-refractivity contribution in [1.82, 2.24) is 0 Å². The fourth-order valence-electron chi connectivity index (χ4n) is 3.02. The largest absolute Gasteiger partial charge is 0.495 e. The van der Waals surface area contributed by atoms with Gasteiger partial charge in [-0.2, -0.15) is 4.57 Å². The smallest absolute Gasteiger partial charge is 0.293 e. The van der Waals surface area contributed by atoms with E-state index in [-0.39, 0.29) is 17.3 Å². The molecule has 0 saturated carbocycles. The number of rotatable bonds is 8. The van der Waals surface area contributed by atoms with Crippen LogP contribution >= 0.6 is 0 Å². The van der Waals surface area contributed by atoms with Crippen molar-refractivity contribution in [2.45, 2.75) is 45.6 Å². The van der Waals surface area contributed by atoms with Crippen LogP contribution in [0.25, 0.3) is 0 Å². The maximum atomic E-state index is 12.6. The molecule has 1 aromatic heterocycles. The van der Waals surface area contributed by atoms with Crippen molar-refractivity contribution >= 4 is 17.3 Å². The van der Waals surface area contributed by atoms with E-state index in [1.165, 1.54) is 30.9 Å². The number of nitrogens with one attached hydrogen (secondary N) is 1. The predicted molar refractivity (Wildman–Crippen MR) is 103 cm³/mol. The van der Waals surface area contributed by atoms with Crippen LogP contribution in [0.15, 0.2) is 42.7 Å². The summed E-state index contributed by atoms with van der Waals surface area (Å²) in [5.74, 6) is 0.599. The van der Waals surface area contributed by atoms with Crippen molar-refractivity contribution in [2.24, 2.45) is 0 Å². The Morgan fingerprint density at radius 1 is 1.22 bits per heavy atom. The van der Waals surface area contributed by atoms with E-state index in [2.05, 4.69) is 19.2 Å². The van der Waals surface area contributed by atoms with Gasteiger partial charge in [0, 0.05) is 31.2 Å². The lowest BCUT2D eigenvalue weighted by Gasteiger charge is -2.14. The number of nitrogens with zero attached hydrogens (tertiary/aromatic N) is 2. The maximum absolute atomic E-state index is 12.6. The number of benzene rings is 1. The molecule has 7 heteroatoms. The summed E-state index contributed by atoms with van der Waals surface area (Å²) in [5, 5.41) is 13.7. The normalized spacial score (nSPS) is 11.9. The van der Waals surface area contributed by atoms with Crippen LogP contribution in [0.3, 0.4) is 0 Å². The van der Waals surface area contributed by atoms with Crippen molar-refractivity contribution in [1.29, 1.82) is 0 Å². The molecule has 1 aromatic carbocycles. The summed E-state index contributed by atoms with van der Waals surface area (Å²) in [5.41, 5.74) is 1.42. The minimum atomic E-state index is -0.510. The first kappa shape index (κ1) is 20.4. The van der Waals surface area contributed by atoms with E-state index in [4.69, 9.17) is 4.74 Å². The van der Waals surface area contributed by atoms with Gasteiger partial charge in [-0.1, -0.05) is 13.8 Å². The average Bonchev–Trinajstić information content (AvgIpc) is 2.68. The molecule has 1 amide bonds. The zero-order chi connectivity index (χ0) is 20.0. The van der Waals surface area contributed by atoms with Crippen LogP contribution in [0.4, 0.5) is 11.4 Å². The Kier molecular flexibility index (Phi) is 6.87. The van der Waals surface area contributed by atoms with E-state index in [1.54, 1.807) is 6.92 Å². The number of nitro groups is 1. The number of anilines is 1. The first-order valence-electron chi connectivity index (χ1n) is 9.05. The highest BCUT2D eigenvalue weighted by Gasteiger charge is 2.24. The van der Waals surface area contributed by atoms with Crippen molar-refractivity contribution in [3.05, 3.63) is 58.4 Å². The molecule has 1 heterocycles. The second-order valence-corrected chi connectivity index (χ2v) is 6.40. The number of amides is 1. The van der Waals surface area contributed by atoms with Crippen molar-refractivity contribution in [3.63, 3.8) is 0 Å². The third-order valence-corrected chi connectivity index (χ3v) is 4.81. The molecule has 0 aliphatic heterocycles.